The minimum atomic E-state index is -1.31. The summed E-state index contributed by atoms with van der Waals surface area (Å²) in [7, 11) is 1.14. The number of hydrogen-bond donors (Lipinski definition) is 1. The first kappa shape index (κ1) is 15.8. The summed E-state index contributed by atoms with van der Waals surface area (Å²) in [4.78, 5) is 11.8. The number of carbonyl (C=O) groups excluding carboxylic acids is 1. The molecule has 0 aromatic heterocycles. The Balaban J connectivity index is 2.18. The summed E-state index contributed by atoms with van der Waals surface area (Å²) < 4.78 is 50.0. The van der Waals surface area contributed by atoms with Crippen LogP contribution in [0.3, 0.4) is 0 Å². The number of hydrogen-bond acceptors (Lipinski definition) is 4. The third-order valence-electron chi connectivity index (χ3n) is 3.36. The maximum Gasteiger partial charge on any atom is 0.327 e. The SMILES string of the molecule is COC(=O)C(NCC1CCCO1)c1cc(F)c(F)cc1F. The first-order valence-corrected chi connectivity index (χ1v) is 6.60. The highest BCUT2D eigenvalue weighted by Crippen LogP contribution is 2.22. The van der Waals surface area contributed by atoms with Crippen molar-refractivity contribution in [3.8, 4) is 0 Å². The summed E-state index contributed by atoms with van der Waals surface area (Å²) in [6.45, 7) is 0.924. The number of carbonyl (C=O) groups is 1. The summed E-state index contributed by atoms with van der Waals surface area (Å²) >= 11 is 0. The van der Waals surface area contributed by atoms with E-state index in [1.807, 2.05) is 0 Å². The zero-order valence-corrected chi connectivity index (χ0v) is 11.5. The summed E-state index contributed by atoms with van der Waals surface area (Å²) in [6, 6.07) is -0.141. The van der Waals surface area contributed by atoms with Crippen molar-refractivity contribution < 1.29 is 27.4 Å². The highest BCUT2D eigenvalue weighted by Gasteiger charge is 2.27. The molecule has 0 spiro atoms. The summed E-state index contributed by atoms with van der Waals surface area (Å²) in [5.74, 6) is -4.32. The first-order valence-electron chi connectivity index (χ1n) is 6.60. The fourth-order valence-corrected chi connectivity index (χ4v) is 2.25. The third kappa shape index (κ3) is 3.74. The van der Waals surface area contributed by atoms with Gasteiger partial charge in [-0.05, 0) is 18.9 Å². The van der Waals surface area contributed by atoms with Gasteiger partial charge >= 0.3 is 5.97 Å². The molecule has 2 atom stereocenters. The molecule has 1 aromatic rings. The Labute approximate surface area is 120 Å². The zero-order chi connectivity index (χ0) is 15.4. The predicted molar refractivity (Wildman–Crippen MR) is 68.0 cm³/mol. The van der Waals surface area contributed by atoms with E-state index < -0.39 is 29.5 Å². The van der Waals surface area contributed by atoms with Crippen LogP contribution < -0.4 is 5.32 Å². The molecule has 4 nitrogen and oxygen atoms in total. The molecule has 0 radical (unpaired) electrons. The molecule has 21 heavy (non-hydrogen) atoms. The molecule has 0 bridgehead atoms. The van der Waals surface area contributed by atoms with Crippen LogP contribution in [0.5, 0.6) is 0 Å². The van der Waals surface area contributed by atoms with Gasteiger partial charge in [-0.15, -0.1) is 0 Å². The van der Waals surface area contributed by atoms with Gasteiger partial charge in [-0.3, -0.25) is 5.32 Å². The normalized spacial score (nSPS) is 19.5. The van der Waals surface area contributed by atoms with E-state index >= 15 is 0 Å². The number of rotatable bonds is 5. The van der Waals surface area contributed by atoms with Gasteiger partial charge in [0.15, 0.2) is 11.6 Å². The van der Waals surface area contributed by atoms with Crippen LogP contribution in [0.25, 0.3) is 0 Å². The molecule has 0 amide bonds. The monoisotopic (exact) mass is 303 g/mol. The largest absolute Gasteiger partial charge is 0.468 e. The maximum absolute atomic E-state index is 13.8. The average molecular weight is 303 g/mol. The quantitative estimate of drug-likeness (QED) is 0.668. The van der Waals surface area contributed by atoms with Crippen LogP contribution in [-0.2, 0) is 14.3 Å². The molecule has 1 saturated heterocycles. The van der Waals surface area contributed by atoms with Gasteiger partial charge in [-0.2, -0.15) is 0 Å². The van der Waals surface area contributed by atoms with E-state index in [9.17, 15) is 18.0 Å². The average Bonchev–Trinajstić information content (AvgIpc) is 2.97. The van der Waals surface area contributed by atoms with Gasteiger partial charge in [0.05, 0.1) is 13.2 Å². The molecule has 1 heterocycles. The predicted octanol–water partition coefficient (Wildman–Crippen LogP) is 2.09. The van der Waals surface area contributed by atoms with Crippen LogP contribution in [0.1, 0.15) is 24.4 Å². The van der Waals surface area contributed by atoms with Crippen LogP contribution in [0.2, 0.25) is 0 Å². The van der Waals surface area contributed by atoms with E-state index in [0.29, 0.717) is 18.7 Å². The fourth-order valence-electron chi connectivity index (χ4n) is 2.25. The van der Waals surface area contributed by atoms with Crippen molar-refractivity contribution in [1.29, 1.82) is 0 Å². The van der Waals surface area contributed by atoms with Gasteiger partial charge in [0.1, 0.15) is 11.9 Å². The lowest BCUT2D eigenvalue weighted by Gasteiger charge is -2.19. The van der Waals surface area contributed by atoms with Crippen LogP contribution in [0.4, 0.5) is 13.2 Å². The van der Waals surface area contributed by atoms with Crippen molar-refractivity contribution in [2.24, 2.45) is 0 Å². The molecule has 7 heteroatoms. The molecule has 1 fully saturated rings. The molecular formula is C14H16F3NO3. The minimum Gasteiger partial charge on any atom is -0.468 e. The van der Waals surface area contributed by atoms with Crippen molar-refractivity contribution in [2.45, 2.75) is 25.0 Å². The second-order valence-corrected chi connectivity index (χ2v) is 4.79. The lowest BCUT2D eigenvalue weighted by Crippen LogP contribution is -2.35. The fraction of sp³-hybridized carbons (Fsp3) is 0.500. The van der Waals surface area contributed by atoms with E-state index in [-0.39, 0.29) is 18.2 Å². The second-order valence-electron chi connectivity index (χ2n) is 4.79. The van der Waals surface area contributed by atoms with Gasteiger partial charge in [-0.25, -0.2) is 18.0 Å². The van der Waals surface area contributed by atoms with Crippen LogP contribution >= 0.6 is 0 Å². The van der Waals surface area contributed by atoms with E-state index in [0.717, 1.165) is 20.0 Å². The Morgan fingerprint density at radius 1 is 1.38 bits per heavy atom. The van der Waals surface area contributed by atoms with Crippen molar-refractivity contribution >= 4 is 5.97 Å². The number of benzene rings is 1. The lowest BCUT2D eigenvalue weighted by atomic mass is 10.1. The second kappa shape index (κ2) is 6.91. The van der Waals surface area contributed by atoms with Gasteiger partial charge in [0.25, 0.3) is 0 Å². The lowest BCUT2D eigenvalue weighted by molar-refractivity contribution is -0.143. The van der Waals surface area contributed by atoms with Crippen LogP contribution in [-0.4, -0.2) is 32.3 Å². The van der Waals surface area contributed by atoms with Crippen molar-refractivity contribution in [1.82, 2.24) is 5.32 Å². The van der Waals surface area contributed by atoms with Crippen LogP contribution in [0, 0.1) is 17.5 Å². The molecule has 1 aliphatic rings. The van der Waals surface area contributed by atoms with Gasteiger partial charge < -0.3 is 9.47 Å². The first-order chi connectivity index (χ1) is 10.0. The number of methoxy groups -OCH3 is 1. The summed E-state index contributed by atoms with van der Waals surface area (Å²) in [6.07, 6.45) is 1.64. The number of ether oxygens (including phenoxy) is 2. The molecule has 0 aliphatic carbocycles. The molecule has 1 N–H and O–H groups in total. The standard InChI is InChI=1S/C14H16F3NO3/c1-20-14(19)13(18-7-8-3-2-4-21-8)9-5-11(16)12(17)6-10(9)15/h5-6,8,13,18H,2-4,7H2,1H3. The number of esters is 1. The summed E-state index contributed by atoms with van der Waals surface area (Å²) in [5, 5.41) is 2.79. The van der Waals surface area contributed by atoms with E-state index in [1.165, 1.54) is 0 Å². The highest BCUT2D eigenvalue weighted by molar-refractivity contribution is 5.77. The number of nitrogens with one attached hydrogen (secondary N) is 1. The Bertz CT molecular complexity index is 518. The smallest absolute Gasteiger partial charge is 0.327 e. The van der Waals surface area contributed by atoms with Crippen LogP contribution in [0.15, 0.2) is 12.1 Å². The highest BCUT2D eigenvalue weighted by atomic mass is 19.2. The molecule has 116 valence electrons. The number of halogens is 3. The molecule has 0 saturated carbocycles. The molecule has 2 rings (SSSR count). The van der Waals surface area contributed by atoms with Gasteiger partial charge in [0, 0.05) is 24.8 Å². The van der Waals surface area contributed by atoms with Crippen molar-refractivity contribution in [3.63, 3.8) is 0 Å². The minimum absolute atomic E-state index is 0.0921. The van der Waals surface area contributed by atoms with E-state index in [1.54, 1.807) is 0 Å². The molecule has 1 aromatic carbocycles. The molecule has 1 aliphatic heterocycles. The Morgan fingerprint density at radius 2 is 2.10 bits per heavy atom. The van der Waals surface area contributed by atoms with Crippen molar-refractivity contribution in [3.05, 3.63) is 35.1 Å². The third-order valence-corrected chi connectivity index (χ3v) is 3.36. The Kier molecular flexibility index (Phi) is 5.19. The van der Waals surface area contributed by atoms with E-state index in [2.05, 4.69) is 10.1 Å². The topological polar surface area (TPSA) is 47.6 Å². The summed E-state index contributed by atoms with van der Waals surface area (Å²) in [5.41, 5.74) is -0.293. The van der Waals surface area contributed by atoms with Crippen molar-refractivity contribution in [2.75, 3.05) is 20.3 Å². The maximum atomic E-state index is 13.8. The van der Waals surface area contributed by atoms with Gasteiger partial charge in [0.2, 0.25) is 0 Å². The molecular weight excluding hydrogens is 287 g/mol. The molecule has 2 unspecified atom stereocenters. The van der Waals surface area contributed by atoms with Gasteiger partial charge in [-0.1, -0.05) is 0 Å². The zero-order valence-electron chi connectivity index (χ0n) is 11.5. The Morgan fingerprint density at radius 3 is 2.71 bits per heavy atom. The Hall–Kier alpha value is -1.60. The van der Waals surface area contributed by atoms with E-state index in [4.69, 9.17) is 4.74 Å².